The van der Waals surface area contributed by atoms with Crippen molar-refractivity contribution in [2.45, 2.75) is 101 Å². The molecule has 3 aliphatic rings. The number of carbonyl (C=O) groups excluding carboxylic acids is 5. The number of piperidine rings is 2. The van der Waals surface area contributed by atoms with Gasteiger partial charge in [-0.2, -0.15) is 17.0 Å². The van der Waals surface area contributed by atoms with E-state index < -0.39 is 0 Å². The second kappa shape index (κ2) is 32.9. The molecule has 0 spiro atoms. The van der Waals surface area contributed by atoms with Crippen LogP contribution in [0.25, 0.3) is 0 Å². The fourth-order valence-corrected chi connectivity index (χ4v) is 10.9. The van der Waals surface area contributed by atoms with Crippen LogP contribution >= 0.6 is 11.8 Å². The highest BCUT2D eigenvalue weighted by Gasteiger charge is 2.32. The predicted octanol–water partition coefficient (Wildman–Crippen LogP) is 4.04. The van der Waals surface area contributed by atoms with E-state index in [-0.39, 0.29) is 72.2 Å². The first-order valence-corrected chi connectivity index (χ1v) is 28.0. The molecule has 6 rings (SSSR count). The van der Waals surface area contributed by atoms with Gasteiger partial charge in [0.25, 0.3) is 11.8 Å². The van der Waals surface area contributed by atoms with Gasteiger partial charge >= 0.3 is 0 Å². The predicted molar refractivity (Wildman–Crippen MR) is 290 cm³/mol. The van der Waals surface area contributed by atoms with Gasteiger partial charge in [-0.25, -0.2) is 4.98 Å². The third kappa shape index (κ3) is 20.1. The number of likely N-dealkylation sites (tertiary alicyclic amines) is 2. The number of pyridine rings is 1. The maximum atomic E-state index is 14.1. The van der Waals surface area contributed by atoms with Gasteiger partial charge in [-0.3, -0.25) is 28.9 Å². The van der Waals surface area contributed by atoms with Crippen LogP contribution in [0.3, 0.4) is 0 Å². The molecule has 7 N–H and O–H groups in total. The van der Waals surface area contributed by atoms with Crippen LogP contribution in [-0.4, -0.2) is 173 Å². The van der Waals surface area contributed by atoms with Crippen LogP contribution in [0.2, 0.25) is 0 Å². The number of Topliss-reactive ketones (excluding diaryl/α,β-unsaturated/α-hetero) is 1. The van der Waals surface area contributed by atoms with Crippen molar-refractivity contribution in [2.75, 3.05) is 105 Å². The van der Waals surface area contributed by atoms with Crippen LogP contribution in [-0.2, 0) is 41.5 Å². The van der Waals surface area contributed by atoms with Crippen molar-refractivity contribution < 1.29 is 47.7 Å². The van der Waals surface area contributed by atoms with Crippen LogP contribution in [0.5, 0.6) is 5.75 Å². The molecule has 0 saturated carbocycles. The van der Waals surface area contributed by atoms with Crippen molar-refractivity contribution in [3.63, 3.8) is 0 Å². The highest BCUT2D eigenvalue weighted by Crippen LogP contribution is 2.29. The summed E-state index contributed by atoms with van der Waals surface area (Å²) in [5.74, 6) is 0.769. The van der Waals surface area contributed by atoms with E-state index in [1.807, 2.05) is 36.0 Å². The minimum atomic E-state index is -0.256. The molecule has 4 amide bonds. The lowest BCUT2D eigenvalue weighted by atomic mass is 9.88. The normalized spacial score (nSPS) is 18.2. The Morgan fingerprint density at radius 1 is 0.750 bits per heavy atom. The number of hydrogen-bond donors (Lipinski definition) is 5. The molecule has 0 bridgehead atoms. The molecule has 0 unspecified atom stereocenters. The zero-order valence-corrected chi connectivity index (χ0v) is 45.0. The molecule has 3 fully saturated rings. The summed E-state index contributed by atoms with van der Waals surface area (Å²) < 4.78 is 27.5. The van der Waals surface area contributed by atoms with Crippen molar-refractivity contribution in [3.05, 3.63) is 94.3 Å². The van der Waals surface area contributed by atoms with E-state index >= 15 is 0 Å². The largest absolute Gasteiger partial charge is 0.497 e. The topological polar surface area (TPSA) is 263 Å². The molecule has 0 aliphatic carbocycles. The van der Waals surface area contributed by atoms with Crippen molar-refractivity contribution in [3.8, 4) is 11.8 Å². The summed E-state index contributed by atoms with van der Waals surface area (Å²) in [7, 11) is 1.58. The Balaban J connectivity index is 0.844. The lowest BCUT2D eigenvalue weighted by molar-refractivity contribution is -0.122. The van der Waals surface area contributed by atoms with Gasteiger partial charge in [-0.05, 0) is 105 Å². The van der Waals surface area contributed by atoms with E-state index in [1.54, 1.807) is 42.3 Å². The first-order chi connectivity index (χ1) is 37.0. The Labute approximate surface area is 452 Å². The van der Waals surface area contributed by atoms with Crippen molar-refractivity contribution >= 4 is 41.2 Å². The lowest BCUT2D eigenvalue weighted by Gasteiger charge is -2.32. The fraction of sp³-hybridized carbons (Fsp3) is 0.589. The maximum Gasteiger partial charge on any atom is 0.272 e. The van der Waals surface area contributed by atoms with Gasteiger partial charge in [-0.15, -0.1) is 0 Å². The molecule has 414 valence electrons. The number of methoxy groups -OCH3 is 1. The molecular weight excluding hydrogens is 991 g/mol. The second-order valence-corrected chi connectivity index (χ2v) is 20.9. The molecule has 3 aliphatic heterocycles. The van der Waals surface area contributed by atoms with Crippen LogP contribution < -0.4 is 32.2 Å². The third-order valence-electron chi connectivity index (χ3n) is 14.0. The maximum absolute atomic E-state index is 14.1. The smallest absolute Gasteiger partial charge is 0.272 e. The average molecular weight is 1070 g/mol. The fourth-order valence-electron chi connectivity index (χ4n) is 9.46. The van der Waals surface area contributed by atoms with Crippen LogP contribution in [0.1, 0.15) is 112 Å². The monoisotopic (exact) mass is 1070 g/mol. The quantitative estimate of drug-likeness (QED) is 0.0436. The molecule has 19 nitrogen and oxygen atoms in total. The van der Waals surface area contributed by atoms with Crippen molar-refractivity contribution in [1.82, 2.24) is 30.7 Å². The Hall–Kier alpha value is -5.50. The number of ether oxygens (including phenoxy) is 5. The number of nitrogens with one attached hydrogen (secondary N) is 3. The van der Waals surface area contributed by atoms with E-state index in [2.05, 4.69) is 31.9 Å². The number of aryl methyl sites for hydroxylation is 1. The average Bonchev–Trinajstić information content (AvgIpc) is 3.77. The summed E-state index contributed by atoms with van der Waals surface area (Å²) in [4.78, 5) is 74.5. The number of ketones is 1. The van der Waals surface area contributed by atoms with Crippen molar-refractivity contribution in [2.24, 2.45) is 17.4 Å². The highest BCUT2D eigenvalue weighted by atomic mass is 32.2. The first-order valence-electron chi connectivity index (χ1n) is 27.0. The number of hydrogen-bond acceptors (Lipinski definition) is 16. The molecule has 3 aromatic rings. The number of nitriles is 1. The van der Waals surface area contributed by atoms with E-state index in [9.17, 15) is 24.0 Å². The number of nitrogens with zero attached hydrogens (tertiary/aromatic N) is 4. The summed E-state index contributed by atoms with van der Waals surface area (Å²) in [5, 5.41) is 18.5. The molecule has 0 radical (unpaired) electrons. The number of benzene rings is 2. The Morgan fingerprint density at radius 2 is 1.39 bits per heavy atom. The summed E-state index contributed by atoms with van der Waals surface area (Å²) in [6.45, 7) is 6.92. The number of amides is 4. The number of aromatic nitrogens is 1. The molecule has 20 heteroatoms. The van der Waals surface area contributed by atoms with E-state index in [0.29, 0.717) is 138 Å². The van der Waals surface area contributed by atoms with Crippen LogP contribution in [0.15, 0.2) is 60.8 Å². The zero-order chi connectivity index (χ0) is 53.9. The number of rotatable bonds is 32. The Bertz CT molecular complexity index is 2320. The van der Waals surface area contributed by atoms with E-state index in [4.69, 9.17) is 40.4 Å². The molecular formula is C56H79N9O10S. The van der Waals surface area contributed by atoms with Gasteiger partial charge in [0.1, 0.15) is 11.4 Å². The van der Waals surface area contributed by atoms with Gasteiger partial charge in [0.15, 0.2) is 5.78 Å². The number of carbonyl (C=O) groups is 5. The number of unbranched alkanes of at least 4 members (excludes halogenated alkanes) is 1. The minimum absolute atomic E-state index is 0.0203. The summed E-state index contributed by atoms with van der Waals surface area (Å²) in [6, 6.07) is 18.7. The number of thioether (sulfide) groups is 1. The minimum Gasteiger partial charge on any atom is -0.497 e. The molecule has 2 aromatic carbocycles. The lowest BCUT2D eigenvalue weighted by Crippen LogP contribution is -2.44. The van der Waals surface area contributed by atoms with Gasteiger partial charge in [0.2, 0.25) is 11.8 Å². The molecule has 76 heavy (non-hydrogen) atoms. The van der Waals surface area contributed by atoms with Gasteiger partial charge < -0.3 is 56.0 Å². The zero-order valence-electron chi connectivity index (χ0n) is 44.2. The Morgan fingerprint density at radius 3 is 2.04 bits per heavy atom. The van der Waals surface area contributed by atoms with Gasteiger partial charge in [0, 0.05) is 105 Å². The standard InChI is InChI=1S/C56H79N9O10S/c1-71-47-14-12-42(13-15-47)54(68)43-16-25-65(26-17-43)56(70)53-44(35-45(37-62-53)55(69)63-46-18-23-64(24-19-46)38-41-10-8-40(36-57)9-11-41)5-4-21-60-51(67)20-27-72-29-31-74-33-34-75-32-30-73-28-22-61-50(66)7-3-2-6-49-52(59)48(58)39-76-49/h8-15,35,37,43,46,48-49,52H,2-7,16-34,38-39,58-59H2,1H3,(H,60,67)(H,61,66)(H,63,69)/t48-,49-,52-/m0/s1. The molecule has 4 heterocycles. The summed E-state index contributed by atoms with van der Waals surface area (Å²) >= 11 is 1.84. The number of nitrogens with two attached hydrogens (primary N) is 2. The van der Waals surface area contributed by atoms with Crippen LogP contribution in [0.4, 0.5) is 0 Å². The molecule has 1 aromatic heterocycles. The molecule has 3 atom stereocenters. The van der Waals surface area contributed by atoms with E-state index in [1.165, 1.54) is 6.20 Å². The van der Waals surface area contributed by atoms with Gasteiger partial charge in [-0.1, -0.05) is 18.6 Å². The Kier molecular flexibility index (Phi) is 25.9. The first kappa shape index (κ1) is 59.7. The van der Waals surface area contributed by atoms with Crippen molar-refractivity contribution in [1.29, 1.82) is 5.26 Å². The third-order valence-corrected chi connectivity index (χ3v) is 15.6. The van der Waals surface area contributed by atoms with Crippen LogP contribution in [0, 0.1) is 17.2 Å². The van der Waals surface area contributed by atoms with Gasteiger partial charge in [0.05, 0.1) is 77.2 Å². The summed E-state index contributed by atoms with van der Waals surface area (Å²) in [6.07, 6.45) is 8.41. The SMILES string of the molecule is COc1ccc(C(=O)C2CCN(C(=O)c3ncc(C(=O)NC4CCN(Cc5ccc(C#N)cc5)CC4)cc3CCCNC(=O)CCOCCOCCOCCOCCNC(=O)CCCC[C@@H]3SC[C@H](N)[C@@H]3N)CC2)cc1. The highest BCUT2D eigenvalue weighted by molar-refractivity contribution is 8.00. The summed E-state index contributed by atoms with van der Waals surface area (Å²) in [5.41, 5.74) is 15.8. The molecule has 3 saturated heterocycles. The second-order valence-electron chi connectivity index (χ2n) is 19.6. The van der Waals surface area contributed by atoms with E-state index in [0.717, 1.165) is 63.1 Å².